The summed E-state index contributed by atoms with van der Waals surface area (Å²) >= 11 is 0. The molecular weight excluding hydrogens is 608 g/mol. The highest BCUT2D eigenvalue weighted by atomic mass is 16.7. The van der Waals surface area contributed by atoms with E-state index >= 15 is 0 Å². The van der Waals surface area contributed by atoms with Crippen LogP contribution in [0.3, 0.4) is 0 Å². The molecule has 0 fully saturated rings. The van der Waals surface area contributed by atoms with Crippen molar-refractivity contribution in [2.75, 3.05) is 64.2 Å². The van der Waals surface area contributed by atoms with Crippen molar-refractivity contribution in [2.24, 2.45) is 0 Å². The Morgan fingerprint density at radius 3 is 1.33 bits per heavy atom. The third kappa shape index (κ3) is 7.30. The highest BCUT2D eigenvalue weighted by molar-refractivity contribution is 5.92. The molecular formula is C38H40N4O6. The summed E-state index contributed by atoms with van der Waals surface area (Å²) in [4.78, 5) is 34.8. The minimum atomic E-state index is -1.38. The molecule has 0 N–H and O–H groups in total. The lowest BCUT2D eigenvalue weighted by Crippen LogP contribution is -2.58. The molecule has 0 amide bonds. The second-order valence-electron chi connectivity index (χ2n) is 12.5. The van der Waals surface area contributed by atoms with Gasteiger partial charge in [0.15, 0.2) is 0 Å². The van der Waals surface area contributed by atoms with Gasteiger partial charge in [0.05, 0.1) is 24.5 Å². The Kier molecular flexibility index (Phi) is 9.38. The number of fused-ring (bicyclic) bond motifs is 2. The Hall–Kier alpha value is -5.32. The molecule has 0 saturated carbocycles. The molecule has 48 heavy (non-hydrogen) atoms. The van der Waals surface area contributed by atoms with Crippen LogP contribution in [0.15, 0.2) is 121 Å². The van der Waals surface area contributed by atoms with Crippen molar-refractivity contribution in [3.63, 3.8) is 0 Å². The van der Waals surface area contributed by atoms with E-state index in [4.69, 9.17) is 18.9 Å². The largest absolute Gasteiger partial charge is 0.447 e. The number of benzene rings is 4. The number of carbonyl (C=O) groups is 2. The first-order valence-corrected chi connectivity index (χ1v) is 15.8. The zero-order valence-corrected chi connectivity index (χ0v) is 27.6. The number of esters is 2. The van der Waals surface area contributed by atoms with Crippen LogP contribution < -0.4 is 19.3 Å². The van der Waals surface area contributed by atoms with Crippen molar-refractivity contribution >= 4 is 34.7 Å². The van der Waals surface area contributed by atoms with Crippen molar-refractivity contribution in [3.05, 3.63) is 121 Å². The lowest BCUT2D eigenvalue weighted by molar-refractivity contribution is -0.198. The first-order valence-electron chi connectivity index (χ1n) is 15.8. The van der Waals surface area contributed by atoms with Gasteiger partial charge in [0.2, 0.25) is 0 Å². The maximum atomic E-state index is 13.4. The Labute approximate surface area is 281 Å². The summed E-state index contributed by atoms with van der Waals surface area (Å²) in [6.07, 6.45) is 2.15. The molecule has 10 heteroatoms. The summed E-state index contributed by atoms with van der Waals surface area (Å²) in [6, 6.07) is 35.0. The van der Waals surface area contributed by atoms with Crippen molar-refractivity contribution < 1.29 is 28.5 Å². The molecule has 6 rings (SSSR count). The normalized spacial score (nSPS) is 20.1. The van der Waals surface area contributed by atoms with E-state index in [1.165, 1.54) is 0 Å². The second kappa shape index (κ2) is 13.8. The standard InChI is InChI=1S/C38H40N4O6/c1-39(2)25-37(27-41(29-15-7-5-8-16-29)31-19-11-13-21-33(31)45-37)47-35(43)23-24-36(44)48-38(26-40(3)4)28-42(30-17-9-6-10-18-30)32-20-12-14-22-34(32)46-38/h5-24H,25-28H2,1-4H3/b24-23+. The molecule has 248 valence electrons. The van der Waals surface area contributed by atoms with E-state index < -0.39 is 23.5 Å². The Morgan fingerprint density at radius 2 is 0.958 bits per heavy atom. The van der Waals surface area contributed by atoms with E-state index in [1.54, 1.807) is 0 Å². The van der Waals surface area contributed by atoms with Gasteiger partial charge in [0, 0.05) is 23.5 Å². The zero-order valence-electron chi connectivity index (χ0n) is 27.6. The Bertz CT molecular complexity index is 1640. The number of hydrogen-bond acceptors (Lipinski definition) is 10. The van der Waals surface area contributed by atoms with E-state index in [0.29, 0.717) is 11.5 Å². The van der Waals surface area contributed by atoms with Gasteiger partial charge in [-0.25, -0.2) is 9.59 Å². The summed E-state index contributed by atoms with van der Waals surface area (Å²) in [6.45, 7) is 0.988. The van der Waals surface area contributed by atoms with Crippen LogP contribution in [0.25, 0.3) is 0 Å². The fraction of sp³-hybridized carbons (Fsp3) is 0.263. The second-order valence-corrected chi connectivity index (χ2v) is 12.5. The maximum absolute atomic E-state index is 13.4. The molecule has 2 atom stereocenters. The van der Waals surface area contributed by atoms with Crippen LogP contribution in [-0.2, 0) is 19.1 Å². The average Bonchev–Trinajstić information content (AvgIpc) is 3.06. The third-order valence-electron chi connectivity index (χ3n) is 7.88. The molecule has 0 saturated heterocycles. The lowest BCUT2D eigenvalue weighted by atomic mass is 10.1. The summed E-state index contributed by atoms with van der Waals surface area (Å²) in [5.41, 5.74) is 3.57. The van der Waals surface area contributed by atoms with Gasteiger partial charge in [-0.1, -0.05) is 60.7 Å². The van der Waals surface area contributed by atoms with Crippen LogP contribution in [0.4, 0.5) is 22.7 Å². The van der Waals surface area contributed by atoms with Gasteiger partial charge in [-0.15, -0.1) is 0 Å². The molecule has 0 radical (unpaired) electrons. The number of likely N-dealkylation sites (N-methyl/N-ethyl adjacent to an activating group) is 2. The molecule has 4 aromatic carbocycles. The van der Waals surface area contributed by atoms with Gasteiger partial charge in [-0.3, -0.25) is 0 Å². The number of nitrogens with zero attached hydrogens (tertiary/aromatic N) is 4. The molecule has 0 spiro atoms. The van der Waals surface area contributed by atoms with Crippen LogP contribution in [0, 0.1) is 0 Å². The lowest BCUT2D eigenvalue weighted by Gasteiger charge is -2.44. The van der Waals surface area contributed by atoms with Gasteiger partial charge in [0.1, 0.15) is 24.6 Å². The van der Waals surface area contributed by atoms with Gasteiger partial charge in [-0.2, -0.15) is 0 Å². The molecule has 4 aromatic rings. The zero-order chi connectivity index (χ0) is 33.7. The molecule has 10 nitrogen and oxygen atoms in total. The number of anilines is 4. The van der Waals surface area contributed by atoms with Crippen LogP contribution in [-0.4, -0.2) is 87.7 Å². The summed E-state index contributed by atoms with van der Waals surface area (Å²) in [5, 5.41) is 0. The van der Waals surface area contributed by atoms with Crippen LogP contribution in [0.5, 0.6) is 11.5 Å². The number of para-hydroxylation sites is 6. The highest BCUT2D eigenvalue weighted by Gasteiger charge is 2.46. The molecule has 0 aromatic heterocycles. The average molecular weight is 649 g/mol. The topological polar surface area (TPSA) is 84.0 Å². The Balaban J connectivity index is 1.23. The Morgan fingerprint density at radius 1 is 0.604 bits per heavy atom. The molecule has 0 aliphatic carbocycles. The smallest absolute Gasteiger partial charge is 0.334 e. The minimum absolute atomic E-state index is 0.227. The molecule has 2 aliphatic heterocycles. The predicted octanol–water partition coefficient (Wildman–Crippen LogP) is 5.61. The fourth-order valence-electron chi connectivity index (χ4n) is 6.20. The maximum Gasteiger partial charge on any atom is 0.334 e. The SMILES string of the molecule is CN(C)CC1(OC(=O)/C=C/C(=O)OC2(CN(C)C)CN(c3ccccc3)c3ccccc3O2)CN(c2ccccc2)c2ccccc2O1. The number of hydrogen-bond donors (Lipinski definition) is 0. The summed E-state index contributed by atoms with van der Waals surface area (Å²) < 4.78 is 25.0. The van der Waals surface area contributed by atoms with Crippen LogP contribution in [0.1, 0.15) is 0 Å². The molecule has 0 bridgehead atoms. The van der Waals surface area contributed by atoms with Crippen LogP contribution >= 0.6 is 0 Å². The van der Waals surface area contributed by atoms with Crippen molar-refractivity contribution in [3.8, 4) is 11.5 Å². The highest BCUT2D eigenvalue weighted by Crippen LogP contribution is 2.43. The molecule has 2 heterocycles. The molecule has 2 unspecified atom stereocenters. The number of carbonyl (C=O) groups excluding carboxylic acids is 2. The van der Waals surface area contributed by atoms with Crippen LogP contribution in [0.2, 0.25) is 0 Å². The van der Waals surface area contributed by atoms with E-state index in [-0.39, 0.29) is 26.2 Å². The van der Waals surface area contributed by atoms with E-state index in [1.807, 2.05) is 147 Å². The summed E-state index contributed by atoms with van der Waals surface area (Å²) in [7, 11) is 7.52. The predicted molar refractivity (Wildman–Crippen MR) is 185 cm³/mol. The van der Waals surface area contributed by atoms with Crippen molar-refractivity contribution in [1.82, 2.24) is 9.80 Å². The molecule has 2 aliphatic rings. The van der Waals surface area contributed by atoms with Gasteiger partial charge < -0.3 is 38.5 Å². The monoisotopic (exact) mass is 648 g/mol. The number of ether oxygens (including phenoxy) is 4. The quantitative estimate of drug-likeness (QED) is 0.160. The van der Waals surface area contributed by atoms with E-state index in [2.05, 4.69) is 9.80 Å². The minimum Gasteiger partial charge on any atom is -0.447 e. The third-order valence-corrected chi connectivity index (χ3v) is 7.88. The van der Waals surface area contributed by atoms with E-state index in [0.717, 1.165) is 34.9 Å². The number of rotatable bonds is 10. The first-order chi connectivity index (χ1) is 23.1. The van der Waals surface area contributed by atoms with Crippen molar-refractivity contribution in [1.29, 1.82) is 0 Å². The summed E-state index contributed by atoms with van der Waals surface area (Å²) in [5.74, 6) is -3.09. The van der Waals surface area contributed by atoms with E-state index in [9.17, 15) is 9.59 Å². The van der Waals surface area contributed by atoms with Gasteiger partial charge in [-0.05, 0) is 76.7 Å². The van der Waals surface area contributed by atoms with Gasteiger partial charge in [0.25, 0.3) is 11.6 Å². The first kappa shape index (κ1) is 32.6. The van der Waals surface area contributed by atoms with Gasteiger partial charge >= 0.3 is 11.9 Å². The fourth-order valence-corrected chi connectivity index (χ4v) is 6.20. The van der Waals surface area contributed by atoms with Crippen molar-refractivity contribution in [2.45, 2.75) is 11.6 Å².